The molecule has 7 heteroatoms. The Kier molecular flexibility index (Phi) is 4.21. The van der Waals surface area contributed by atoms with Gasteiger partial charge < -0.3 is 19.6 Å². The van der Waals surface area contributed by atoms with Crippen LogP contribution in [0.3, 0.4) is 0 Å². The fourth-order valence-electron chi connectivity index (χ4n) is 2.36. The number of carbonyl (C=O) groups is 2. The summed E-state index contributed by atoms with van der Waals surface area (Å²) >= 11 is 0. The van der Waals surface area contributed by atoms with E-state index in [1.165, 1.54) is 31.4 Å². The maximum absolute atomic E-state index is 12.4. The Labute approximate surface area is 141 Å². The summed E-state index contributed by atoms with van der Waals surface area (Å²) < 4.78 is 10.2. The Morgan fingerprint density at radius 1 is 1.08 bits per heavy atom. The summed E-state index contributed by atoms with van der Waals surface area (Å²) in [5, 5.41) is 12.1. The summed E-state index contributed by atoms with van der Waals surface area (Å²) in [6.07, 6.45) is 0. The number of aromatic carboxylic acids is 1. The lowest BCUT2D eigenvalue weighted by atomic mass is 10.1. The SMILES string of the molecule is COc1ccc2oc(=O)c(C(=O)Nc3ccccc3C(=O)O)cc2c1. The minimum Gasteiger partial charge on any atom is -0.497 e. The molecule has 0 aliphatic carbocycles. The molecular weight excluding hydrogens is 326 g/mol. The first-order chi connectivity index (χ1) is 12.0. The summed E-state index contributed by atoms with van der Waals surface area (Å²) in [5.41, 5.74) is -0.731. The van der Waals surface area contributed by atoms with Crippen LogP contribution in [0.25, 0.3) is 11.0 Å². The Hall–Kier alpha value is -3.61. The Bertz CT molecular complexity index is 1040. The lowest BCUT2D eigenvalue weighted by molar-refractivity contribution is 0.0698. The maximum Gasteiger partial charge on any atom is 0.349 e. The zero-order valence-corrected chi connectivity index (χ0v) is 13.1. The average Bonchev–Trinajstić information content (AvgIpc) is 2.61. The second-order valence-electron chi connectivity index (χ2n) is 5.16. The first-order valence-corrected chi connectivity index (χ1v) is 7.25. The highest BCUT2D eigenvalue weighted by Gasteiger charge is 2.17. The van der Waals surface area contributed by atoms with Gasteiger partial charge in [0.05, 0.1) is 18.4 Å². The van der Waals surface area contributed by atoms with Gasteiger partial charge in [0.15, 0.2) is 0 Å². The molecule has 1 amide bonds. The number of para-hydroxylation sites is 1. The smallest absolute Gasteiger partial charge is 0.349 e. The van der Waals surface area contributed by atoms with Crippen LogP contribution < -0.4 is 15.7 Å². The van der Waals surface area contributed by atoms with Gasteiger partial charge in [0.1, 0.15) is 16.9 Å². The van der Waals surface area contributed by atoms with Gasteiger partial charge in [0.2, 0.25) is 0 Å². The van der Waals surface area contributed by atoms with E-state index in [2.05, 4.69) is 5.32 Å². The van der Waals surface area contributed by atoms with Crippen molar-refractivity contribution < 1.29 is 23.8 Å². The molecular formula is C18H13NO6. The van der Waals surface area contributed by atoms with Crippen LogP contribution in [-0.4, -0.2) is 24.1 Å². The fourth-order valence-corrected chi connectivity index (χ4v) is 2.36. The number of benzene rings is 2. The van der Waals surface area contributed by atoms with E-state index in [-0.39, 0.29) is 16.8 Å². The molecule has 1 aromatic heterocycles. The molecule has 0 spiro atoms. The molecule has 0 fully saturated rings. The topological polar surface area (TPSA) is 106 Å². The van der Waals surface area contributed by atoms with Crippen LogP contribution >= 0.6 is 0 Å². The van der Waals surface area contributed by atoms with Gasteiger partial charge in [-0.3, -0.25) is 4.79 Å². The highest BCUT2D eigenvalue weighted by Crippen LogP contribution is 2.21. The van der Waals surface area contributed by atoms with Gasteiger partial charge in [-0.1, -0.05) is 12.1 Å². The first kappa shape index (κ1) is 16.3. The molecule has 126 valence electrons. The molecule has 2 aromatic carbocycles. The Morgan fingerprint density at radius 2 is 1.84 bits per heavy atom. The number of anilines is 1. The van der Waals surface area contributed by atoms with Gasteiger partial charge in [-0.05, 0) is 36.4 Å². The molecule has 3 aromatic rings. The van der Waals surface area contributed by atoms with E-state index >= 15 is 0 Å². The van der Waals surface area contributed by atoms with E-state index in [0.29, 0.717) is 16.7 Å². The Morgan fingerprint density at radius 3 is 2.56 bits per heavy atom. The van der Waals surface area contributed by atoms with E-state index in [9.17, 15) is 14.4 Å². The van der Waals surface area contributed by atoms with E-state index in [4.69, 9.17) is 14.3 Å². The predicted molar refractivity (Wildman–Crippen MR) is 90.4 cm³/mol. The molecule has 0 aliphatic rings. The number of carbonyl (C=O) groups excluding carboxylic acids is 1. The number of nitrogens with one attached hydrogen (secondary N) is 1. The molecule has 0 saturated heterocycles. The van der Waals surface area contributed by atoms with Gasteiger partial charge in [0, 0.05) is 5.39 Å². The minimum absolute atomic E-state index is 0.0808. The van der Waals surface area contributed by atoms with Crippen molar-refractivity contribution in [2.24, 2.45) is 0 Å². The number of carboxylic acid groups (broad SMARTS) is 1. The minimum atomic E-state index is -1.19. The van der Waals surface area contributed by atoms with Crippen LogP contribution in [-0.2, 0) is 0 Å². The first-order valence-electron chi connectivity index (χ1n) is 7.25. The van der Waals surface area contributed by atoms with Gasteiger partial charge >= 0.3 is 11.6 Å². The van der Waals surface area contributed by atoms with Crippen LogP contribution in [0, 0.1) is 0 Å². The average molecular weight is 339 g/mol. The number of carboxylic acids is 1. The van der Waals surface area contributed by atoms with E-state index in [0.717, 1.165) is 0 Å². The zero-order chi connectivity index (χ0) is 18.0. The molecule has 1 heterocycles. The van der Waals surface area contributed by atoms with Gasteiger partial charge in [-0.25, -0.2) is 9.59 Å². The third-order valence-corrected chi connectivity index (χ3v) is 3.59. The normalized spacial score (nSPS) is 10.4. The van der Waals surface area contributed by atoms with Gasteiger partial charge in [0.25, 0.3) is 5.91 Å². The third kappa shape index (κ3) is 3.20. The quantitative estimate of drug-likeness (QED) is 0.708. The number of fused-ring (bicyclic) bond motifs is 1. The zero-order valence-electron chi connectivity index (χ0n) is 13.1. The van der Waals surface area contributed by atoms with Crippen molar-refractivity contribution in [3.05, 3.63) is 70.1 Å². The van der Waals surface area contributed by atoms with Crippen molar-refractivity contribution in [3.8, 4) is 5.75 Å². The predicted octanol–water partition coefficient (Wildman–Crippen LogP) is 2.75. The molecule has 7 nitrogen and oxygen atoms in total. The molecule has 2 N–H and O–H groups in total. The van der Waals surface area contributed by atoms with Crippen molar-refractivity contribution in [1.29, 1.82) is 0 Å². The largest absolute Gasteiger partial charge is 0.497 e. The number of ether oxygens (including phenoxy) is 1. The molecule has 0 radical (unpaired) electrons. The van der Waals surface area contributed by atoms with Crippen LogP contribution in [0.4, 0.5) is 5.69 Å². The monoisotopic (exact) mass is 339 g/mol. The summed E-state index contributed by atoms with van der Waals surface area (Å²) in [7, 11) is 1.50. The van der Waals surface area contributed by atoms with Crippen molar-refractivity contribution >= 4 is 28.5 Å². The molecule has 0 atom stereocenters. The molecule has 3 rings (SSSR count). The van der Waals surface area contributed by atoms with Gasteiger partial charge in [-0.2, -0.15) is 0 Å². The molecule has 0 aliphatic heterocycles. The van der Waals surface area contributed by atoms with Crippen molar-refractivity contribution in [2.75, 3.05) is 12.4 Å². The summed E-state index contributed by atoms with van der Waals surface area (Å²) in [6, 6.07) is 12.1. The highest BCUT2D eigenvalue weighted by molar-refractivity contribution is 6.08. The van der Waals surface area contributed by atoms with Crippen LogP contribution in [0.1, 0.15) is 20.7 Å². The van der Waals surface area contributed by atoms with Crippen LogP contribution in [0.15, 0.2) is 57.7 Å². The number of amides is 1. The van der Waals surface area contributed by atoms with Crippen molar-refractivity contribution in [3.63, 3.8) is 0 Å². The van der Waals surface area contributed by atoms with E-state index < -0.39 is 17.5 Å². The van der Waals surface area contributed by atoms with Gasteiger partial charge in [-0.15, -0.1) is 0 Å². The summed E-state index contributed by atoms with van der Waals surface area (Å²) in [5.74, 6) is -1.40. The van der Waals surface area contributed by atoms with E-state index in [1.807, 2.05) is 0 Å². The van der Waals surface area contributed by atoms with Crippen molar-refractivity contribution in [1.82, 2.24) is 0 Å². The Balaban J connectivity index is 2.01. The van der Waals surface area contributed by atoms with Crippen LogP contribution in [0.5, 0.6) is 5.75 Å². The third-order valence-electron chi connectivity index (χ3n) is 3.59. The number of rotatable bonds is 4. The standard InChI is InChI=1S/C18H13NO6/c1-24-11-6-7-15-10(8-11)9-13(18(23)25-15)16(20)19-14-5-3-2-4-12(14)17(21)22/h2-9H,1H3,(H,19,20)(H,21,22). The fraction of sp³-hybridized carbons (Fsp3) is 0.0556. The van der Waals surface area contributed by atoms with Crippen molar-refractivity contribution in [2.45, 2.75) is 0 Å². The second kappa shape index (κ2) is 6.48. The summed E-state index contributed by atoms with van der Waals surface area (Å²) in [4.78, 5) is 35.7. The summed E-state index contributed by atoms with van der Waals surface area (Å²) in [6.45, 7) is 0. The van der Waals surface area contributed by atoms with Crippen LogP contribution in [0.2, 0.25) is 0 Å². The van der Waals surface area contributed by atoms with E-state index in [1.54, 1.807) is 24.3 Å². The number of methoxy groups -OCH3 is 1. The number of hydrogen-bond donors (Lipinski definition) is 2. The lowest BCUT2D eigenvalue weighted by Gasteiger charge is -2.08. The molecule has 0 unspecified atom stereocenters. The molecule has 0 bridgehead atoms. The number of hydrogen-bond acceptors (Lipinski definition) is 5. The maximum atomic E-state index is 12.4. The second-order valence-corrected chi connectivity index (χ2v) is 5.16. The highest BCUT2D eigenvalue weighted by atomic mass is 16.5. The molecule has 25 heavy (non-hydrogen) atoms. The lowest BCUT2D eigenvalue weighted by Crippen LogP contribution is -2.21. The molecule has 0 saturated carbocycles.